The van der Waals surface area contributed by atoms with Crippen LogP contribution in [0.5, 0.6) is 0 Å². The van der Waals surface area contributed by atoms with Gasteiger partial charge in [-0.3, -0.25) is 4.90 Å². The van der Waals surface area contributed by atoms with Gasteiger partial charge in [-0.25, -0.2) is 4.98 Å². The summed E-state index contributed by atoms with van der Waals surface area (Å²) in [6, 6.07) is 0.339. The fraction of sp³-hybridized carbons (Fsp3) is 0.727. The first-order valence-electron chi connectivity index (χ1n) is 5.45. The smallest absolute Gasteiger partial charge is 0.0798 e. The molecule has 0 radical (unpaired) electrons. The Morgan fingerprint density at radius 2 is 2.40 bits per heavy atom. The largest absolute Gasteiger partial charge is 0.391 e. The molecule has 1 aromatic rings. The normalized spacial score (nSPS) is 26.4. The fourth-order valence-corrected chi connectivity index (χ4v) is 3.10. The minimum absolute atomic E-state index is 0.136. The summed E-state index contributed by atoms with van der Waals surface area (Å²) in [6.07, 6.45) is 3.09. The summed E-state index contributed by atoms with van der Waals surface area (Å²) in [5.41, 5.74) is 3.02. The first kappa shape index (κ1) is 11.0. The molecule has 1 aliphatic rings. The number of rotatable bonds is 3. The molecule has 1 heterocycles. The van der Waals surface area contributed by atoms with Gasteiger partial charge in [0.25, 0.3) is 0 Å². The molecule has 84 valence electrons. The number of hydrogen-bond acceptors (Lipinski definition) is 4. The van der Waals surface area contributed by atoms with Crippen molar-refractivity contribution in [2.45, 2.75) is 44.9 Å². The third-order valence-corrected chi connectivity index (χ3v) is 4.17. The van der Waals surface area contributed by atoms with Crippen molar-refractivity contribution in [2.75, 3.05) is 7.05 Å². The Bertz CT molecular complexity index is 326. The van der Waals surface area contributed by atoms with E-state index in [0.717, 1.165) is 31.5 Å². The molecule has 2 atom stereocenters. The second kappa shape index (κ2) is 4.60. The minimum Gasteiger partial charge on any atom is -0.391 e. The second-order valence-electron chi connectivity index (χ2n) is 4.34. The highest BCUT2D eigenvalue weighted by molar-refractivity contribution is 7.09. The van der Waals surface area contributed by atoms with Crippen LogP contribution in [-0.4, -0.2) is 34.2 Å². The summed E-state index contributed by atoms with van der Waals surface area (Å²) in [4.78, 5) is 7.82. The van der Waals surface area contributed by atoms with Crippen LogP contribution in [0.4, 0.5) is 0 Å². The van der Waals surface area contributed by atoms with Gasteiger partial charge < -0.3 is 5.11 Å². The average molecular weight is 226 g/mol. The number of aryl methyl sites for hydroxylation is 1. The molecule has 0 spiro atoms. The van der Waals surface area contributed by atoms with Crippen LogP contribution in [0.3, 0.4) is 0 Å². The second-order valence-corrected chi connectivity index (χ2v) is 5.28. The molecule has 3 nitrogen and oxygen atoms in total. The molecule has 1 N–H and O–H groups in total. The highest BCUT2D eigenvalue weighted by Gasteiger charge is 2.28. The minimum atomic E-state index is -0.136. The summed E-state index contributed by atoms with van der Waals surface area (Å²) in [6.45, 7) is 2.96. The van der Waals surface area contributed by atoms with Gasteiger partial charge in [-0.1, -0.05) is 0 Å². The van der Waals surface area contributed by atoms with Crippen molar-refractivity contribution in [3.8, 4) is 0 Å². The van der Waals surface area contributed by atoms with Gasteiger partial charge >= 0.3 is 0 Å². The first-order valence-corrected chi connectivity index (χ1v) is 6.33. The van der Waals surface area contributed by atoms with Crippen molar-refractivity contribution in [1.82, 2.24) is 9.88 Å². The molecule has 0 aliphatic heterocycles. The van der Waals surface area contributed by atoms with Gasteiger partial charge in [0.15, 0.2) is 0 Å². The lowest BCUT2D eigenvalue weighted by Gasteiger charge is -2.26. The standard InChI is InChI=1S/C11H18N2OS/c1-8-11(15-7-12-8)6-13(2)9-4-3-5-10(9)14/h7,9-10,14H,3-6H2,1-2H3/t9-,10-/m0/s1. The maximum absolute atomic E-state index is 9.80. The maximum atomic E-state index is 9.80. The molecule has 1 fully saturated rings. The van der Waals surface area contributed by atoms with E-state index in [-0.39, 0.29) is 6.10 Å². The number of nitrogens with zero attached hydrogens (tertiary/aromatic N) is 2. The SMILES string of the molecule is Cc1ncsc1CN(C)[C@H]1CCC[C@@H]1O. The molecule has 0 unspecified atom stereocenters. The topological polar surface area (TPSA) is 36.4 Å². The summed E-state index contributed by atoms with van der Waals surface area (Å²) in [7, 11) is 2.10. The van der Waals surface area contributed by atoms with Crippen LogP contribution in [0.25, 0.3) is 0 Å². The van der Waals surface area contributed by atoms with Crippen LogP contribution in [0.1, 0.15) is 29.8 Å². The van der Waals surface area contributed by atoms with E-state index in [1.54, 1.807) is 11.3 Å². The third kappa shape index (κ3) is 2.38. The number of likely N-dealkylation sites (N-methyl/N-ethyl adjacent to an activating group) is 1. The van der Waals surface area contributed by atoms with Crippen LogP contribution < -0.4 is 0 Å². The lowest BCUT2D eigenvalue weighted by Crippen LogP contribution is -2.36. The van der Waals surface area contributed by atoms with Gasteiger partial charge in [0.2, 0.25) is 0 Å². The highest BCUT2D eigenvalue weighted by atomic mass is 32.1. The van der Waals surface area contributed by atoms with Crippen LogP contribution in [0.15, 0.2) is 5.51 Å². The molecule has 4 heteroatoms. The molecule has 0 saturated heterocycles. The average Bonchev–Trinajstić information content (AvgIpc) is 2.76. The molecule has 2 rings (SSSR count). The number of aliphatic hydroxyl groups is 1. The zero-order chi connectivity index (χ0) is 10.8. The van der Waals surface area contributed by atoms with E-state index in [9.17, 15) is 5.11 Å². The predicted molar refractivity (Wildman–Crippen MR) is 62.0 cm³/mol. The first-order chi connectivity index (χ1) is 7.18. The van der Waals surface area contributed by atoms with Crippen LogP contribution in [0, 0.1) is 6.92 Å². The van der Waals surface area contributed by atoms with Gasteiger partial charge in [0, 0.05) is 17.5 Å². The van der Waals surface area contributed by atoms with E-state index >= 15 is 0 Å². The van der Waals surface area contributed by atoms with Crippen LogP contribution >= 0.6 is 11.3 Å². The van der Waals surface area contributed by atoms with Crippen LogP contribution in [-0.2, 0) is 6.54 Å². The quantitative estimate of drug-likeness (QED) is 0.853. The van der Waals surface area contributed by atoms with Crippen molar-refractivity contribution in [1.29, 1.82) is 0 Å². The van der Waals surface area contributed by atoms with Crippen molar-refractivity contribution >= 4 is 11.3 Å². The Hall–Kier alpha value is -0.450. The molecular weight excluding hydrogens is 208 g/mol. The number of hydrogen-bond donors (Lipinski definition) is 1. The Balaban J connectivity index is 1.97. The molecule has 0 bridgehead atoms. The van der Waals surface area contributed by atoms with Gasteiger partial charge in [-0.05, 0) is 33.2 Å². The van der Waals surface area contributed by atoms with Gasteiger partial charge in [0.1, 0.15) is 0 Å². The highest BCUT2D eigenvalue weighted by Crippen LogP contribution is 2.25. The van der Waals surface area contributed by atoms with Crippen molar-refractivity contribution in [3.05, 3.63) is 16.1 Å². The van der Waals surface area contributed by atoms with Gasteiger partial charge in [-0.2, -0.15) is 0 Å². The predicted octanol–water partition coefficient (Wildman–Crippen LogP) is 1.80. The Morgan fingerprint density at radius 3 is 2.93 bits per heavy atom. The third-order valence-electron chi connectivity index (χ3n) is 3.25. The Morgan fingerprint density at radius 1 is 1.60 bits per heavy atom. The summed E-state index contributed by atoms with van der Waals surface area (Å²) < 4.78 is 0. The summed E-state index contributed by atoms with van der Waals surface area (Å²) in [5, 5.41) is 9.80. The summed E-state index contributed by atoms with van der Waals surface area (Å²) >= 11 is 1.70. The van der Waals surface area contributed by atoms with E-state index in [2.05, 4.69) is 16.9 Å². The molecule has 0 amide bonds. The van der Waals surface area contributed by atoms with E-state index in [0.29, 0.717) is 6.04 Å². The van der Waals surface area contributed by atoms with E-state index in [1.807, 2.05) is 12.4 Å². The lowest BCUT2D eigenvalue weighted by molar-refractivity contribution is 0.0829. The zero-order valence-corrected chi connectivity index (χ0v) is 10.1. The zero-order valence-electron chi connectivity index (χ0n) is 9.31. The van der Waals surface area contributed by atoms with E-state index in [1.165, 1.54) is 4.88 Å². The maximum Gasteiger partial charge on any atom is 0.0798 e. The van der Waals surface area contributed by atoms with Crippen molar-refractivity contribution in [3.63, 3.8) is 0 Å². The Kier molecular flexibility index (Phi) is 3.38. The molecule has 1 aromatic heterocycles. The molecular formula is C11H18N2OS. The number of aromatic nitrogens is 1. The monoisotopic (exact) mass is 226 g/mol. The van der Waals surface area contributed by atoms with Gasteiger partial charge in [0.05, 0.1) is 17.3 Å². The molecule has 15 heavy (non-hydrogen) atoms. The van der Waals surface area contributed by atoms with Crippen molar-refractivity contribution in [2.24, 2.45) is 0 Å². The molecule has 1 aliphatic carbocycles. The van der Waals surface area contributed by atoms with E-state index in [4.69, 9.17) is 0 Å². The summed E-state index contributed by atoms with van der Waals surface area (Å²) in [5.74, 6) is 0. The van der Waals surface area contributed by atoms with Crippen molar-refractivity contribution < 1.29 is 5.11 Å². The number of thiazole rings is 1. The van der Waals surface area contributed by atoms with Gasteiger partial charge in [-0.15, -0.1) is 11.3 Å². The Labute approximate surface area is 94.8 Å². The molecule has 1 saturated carbocycles. The van der Waals surface area contributed by atoms with E-state index < -0.39 is 0 Å². The lowest BCUT2D eigenvalue weighted by atomic mass is 10.2. The fourth-order valence-electron chi connectivity index (χ4n) is 2.26. The number of aliphatic hydroxyl groups excluding tert-OH is 1. The van der Waals surface area contributed by atoms with Crippen LogP contribution in [0.2, 0.25) is 0 Å². The molecule has 0 aromatic carbocycles.